The zero-order valence-corrected chi connectivity index (χ0v) is 12.8. The van der Waals surface area contributed by atoms with Crippen molar-refractivity contribution < 1.29 is 9.53 Å². The third-order valence-corrected chi connectivity index (χ3v) is 5.46. The van der Waals surface area contributed by atoms with Gasteiger partial charge in [0.1, 0.15) is 6.04 Å². The lowest BCUT2D eigenvalue weighted by molar-refractivity contribution is -0.136. The van der Waals surface area contributed by atoms with Crippen LogP contribution in [0.2, 0.25) is 0 Å². The molecule has 2 fully saturated rings. The van der Waals surface area contributed by atoms with Gasteiger partial charge >= 0.3 is 0 Å². The minimum Gasteiger partial charge on any atom is -0.378 e. The fraction of sp³-hybridized carbons (Fsp3) is 0.857. The maximum atomic E-state index is 12.3. The number of ether oxygens (including phenoxy) is 1. The molecule has 20 heavy (non-hydrogen) atoms. The Morgan fingerprint density at radius 2 is 2.25 bits per heavy atom. The predicted octanol–water partition coefficient (Wildman–Crippen LogP) is 1.09. The van der Waals surface area contributed by atoms with Crippen LogP contribution in [0.3, 0.4) is 0 Å². The summed E-state index contributed by atoms with van der Waals surface area (Å²) in [6, 6.07) is 0.293. The number of amides is 1. The minimum absolute atomic E-state index is 0.158. The number of fused-ring (bicyclic) bond motifs is 1. The summed E-state index contributed by atoms with van der Waals surface area (Å²) in [5.41, 5.74) is 0. The molecule has 5 nitrogen and oxygen atoms in total. The molecule has 1 saturated carbocycles. The van der Waals surface area contributed by atoms with Gasteiger partial charge in [-0.05, 0) is 25.7 Å². The van der Waals surface area contributed by atoms with E-state index in [9.17, 15) is 4.79 Å². The molecule has 3 unspecified atom stereocenters. The molecule has 3 atom stereocenters. The van der Waals surface area contributed by atoms with Crippen molar-refractivity contribution in [3.05, 3.63) is 0 Å². The van der Waals surface area contributed by atoms with Crippen LogP contribution in [0, 0.1) is 5.92 Å². The van der Waals surface area contributed by atoms with Gasteiger partial charge in [-0.3, -0.25) is 9.79 Å². The van der Waals surface area contributed by atoms with E-state index >= 15 is 0 Å². The van der Waals surface area contributed by atoms with Crippen molar-refractivity contribution in [2.45, 2.75) is 38.3 Å². The van der Waals surface area contributed by atoms with Crippen molar-refractivity contribution >= 4 is 22.8 Å². The van der Waals surface area contributed by atoms with Crippen LogP contribution in [0.15, 0.2) is 4.99 Å². The molecule has 0 aromatic rings. The van der Waals surface area contributed by atoms with E-state index in [2.05, 4.69) is 5.32 Å². The number of amidine groups is 1. The Morgan fingerprint density at radius 3 is 3.05 bits per heavy atom. The fourth-order valence-corrected chi connectivity index (χ4v) is 4.37. The Hall–Kier alpha value is -0.750. The van der Waals surface area contributed by atoms with Gasteiger partial charge in [0.2, 0.25) is 5.91 Å². The number of nitrogens with zero attached hydrogens (tertiary/aromatic N) is 2. The molecule has 0 bridgehead atoms. The van der Waals surface area contributed by atoms with E-state index in [1.54, 1.807) is 11.8 Å². The highest BCUT2D eigenvalue weighted by Gasteiger charge is 2.32. The summed E-state index contributed by atoms with van der Waals surface area (Å²) in [6.07, 6.45) is 3.83. The topological polar surface area (TPSA) is 53.9 Å². The first-order valence-electron chi connectivity index (χ1n) is 7.57. The summed E-state index contributed by atoms with van der Waals surface area (Å²) in [6.45, 7) is 4.64. The number of hydrogen-bond acceptors (Lipinski definition) is 5. The van der Waals surface area contributed by atoms with Crippen LogP contribution < -0.4 is 5.32 Å². The highest BCUT2D eigenvalue weighted by atomic mass is 32.2. The molecule has 6 heteroatoms. The molecule has 1 aliphatic carbocycles. The lowest BCUT2D eigenvalue weighted by Crippen LogP contribution is -2.50. The van der Waals surface area contributed by atoms with Gasteiger partial charge in [-0.15, -0.1) is 0 Å². The number of carbonyl (C=O) groups is 1. The van der Waals surface area contributed by atoms with Crippen LogP contribution >= 0.6 is 11.8 Å². The summed E-state index contributed by atoms with van der Waals surface area (Å²) >= 11 is 1.78. The first-order chi connectivity index (χ1) is 9.74. The molecular formula is C14H23N3O2S. The lowest BCUT2D eigenvalue weighted by Gasteiger charge is -2.31. The number of hydrogen-bond donors (Lipinski definition) is 1. The second kappa shape index (κ2) is 6.35. The van der Waals surface area contributed by atoms with Crippen molar-refractivity contribution in [2.75, 3.05) is 32.1 Å². The second-order valence-corrected chi connectivity index (χ2v) is 6.82. The molecule has 2 heterocycles. The first-order valence-corrected chi connectivity index (χ1v) is 8.56. The lowest BCUT2D eigenvalue weighted by atomic mass is 10.1. The van der Waals surface area contributed by atoms with Gasteiger partial charge in [-0.1, -0.05) is 18.2 Å². The Labute approximate surface area is 124 Å². The summed E-state index contributed by atoms with van der Waals surface area (Å²) in [5, 5.41) is 4.27. The molecule has 0 radical (unpaired) electrons. The largest absolute Gasteiger partial charge is 0.378 e. The van der Waals surface area contributed by atoms with E-state index < -0.39 is 0 Å². The molecule has 2 aliphatic heterocycles. The van der Waals surface area contributed by atoms with E-state index in [0.717, 1.165) is 16.8 Å². The van der Waals surface area contributed by atoms with E-state index in [1.807, 2.05) is 11.8 Å². The molecule has 0 aromatic carbocycles. The summed E-state index contributed by atoms with van der Waals surface area (Å²) in [4.78, 5) is 19.0. The maximum Gasteiger partial charge on any atom is 0.244 e. The Kier molecular flexibility index (Phi) is 4.51. The van der Waals surface area contributed by atoms with Crippen molar-refractivity contribution in [3.8, 4) is 0 Å². The van der Waals surface area contributed by atoms with Gasteiger partial charge in [-0.25, -0.2) is 0 Å². The highest BCUT2D eigenvalue weighted by molar-refractivity contribution is 8.13. The third-order valence-electron chi connectivity index (χ3n) is 4.37. The van der Waals surface area contributed by atoms with Gasteiger partial charge in [0, 0.05) is 18.8 Å². The van der Waals surface area contributed by atoms with Crippen LogP contribution in [-0.2, 0) is 9.53 Å². The maximum absolute atomic E-state index is 12.3. The molecule has 1 saturated heterocycles. The SMILES string of the molecule is CC(NC1=NC2CCCC2CS1)C(=O)N1CCOCC1. The van der Waals surface area contributed by atoms with Crippen molar-refractivity contribution in [3.63, 3.8) is 0 Å². The average Bonchev–Trinajstić information content (AvgIpc) is 2.95. The van der Waals surface area contributed by atoms with Gasteiger partial charge in [0.15, 0.2) is 5.17 Å². The van der Waals surface area contributed by atoms with Crippen LogP contribution in [0.4, 0.5) is 0 Å². The Balaban J connectivity index is 1.55. The number of rotatable bonds is 2. The number of morpholine rings is 1. The van der Waals surface area contributed by atoms with Gasteiger partial charge < -0.3 is 15.0 Å². The van der Waals surface area contributed by atoms with E-state index in [4.69, 9.17) is 9.73 Å². The summed E-state index contributed by atoms with van der Waals surface area (Å²) in [5.74, 6) is 2.07. The number of aliphatic imine (C=N–C) groups is 1. The number of thioether (sulfide) groups is 1. The summed E-state index contributed by atoms with van der Waals surface area (Å²) < 4.78 is 5.28. The van der Waals surface area contributed by atoms with E-state index in [1.165, 1.54) is 19.3 Å². The average molecular weight is 297 g/mol. The fourth-order valence-electron chi connectivity index (χ4n) is 3.14. The van der Waals surface area contributed by atoms with E-state index in [0.29, 0.717) is 32.3 Å². The monoisotopic (exact) mass is 297 g/mol. The molecule has 0 aromatic heterocycles. The Bertz CT molecular complexity index is 396. The van der Waals surface area contributed by atoms with Crippen LogP contribution in [0.1, 0.15) is 26.2 Å². The molecule has 1 amide bonds. The van der Waals surface area contributed by atoms with Crippen molar-refractivity contribution in [1.29, 1.82) is 0 Å². The highest BCUT2D eigenvalue weighted by Crippen LogP contribution is 2.35. The zero-order chi connectivity index (χ0) is 13.9. The van der Waals surface area contributed by atoms with E-state index in [-0.39, 0.29) is 11.9 Å². The van der Waals surface area contributed by atoms with Gasteiger partial charge in [0.25, 0.3) is 0 Å². The van der Waals surface area contributed by atoms with Gasteiger partial charge in [-0.2, -0.15) is 0 Å². The molecule has 3 aliphatic rings. The number of carbonyl (C=O) groups excluding carboxylic acids is 1. The molecule has 3 rings (SSSR count). The van der Waals surface area contributed by atoms with Crippen molar-refractivity contribution in [1.82, 2.24) is 10.2 Å². The standard InChI is InChI=1S/C14H23N3O2S/c1-10(13(18)17-5-7-19-8-6-17)15-14-16-12-4-2-3-11(12)9-20-14/h10-12H,2-9H2,1H3,(H,15,16). The molecule has 112 valence electrons. The summed E-state index contributed by atoms with van der Waals surface area (Å²) in [7, 11) is 0. The quantitative estimate of drug-likeness (QED) is 0.829. The second-order valence-electron chi connectivity index (χ2n) is 5.81. The third kappa shape index (κ3) is 3.11. The molecule has 1 N–H and O–H groups in total. The predicted molar refractivity (Wildman–Crippen MR) is 81.0 cm³/mol. The normalized spacial score (nSPS) is 31.4. The minimum atomic E-state index is -0.197. The zero-order valence-electron chi connectivity index (χ0n) is 12.0. The van der Waals surface area contributed by atoms with Crippen LogP contribution in [0.5, 0.6) is 0 Å². The molecule has 0 spiro atoms. The van der Waals surface area contributed by atoms with Crippen molar-refractivity contribution in [2.24, 2.45) is 10.9 Å². The smallest absolute Gasteiger partial charge is 0.244 e. The van der Waals surface area contributed by atoms with Gasteiger partial charge in [0.05, 0.1) is 19.3 Å². The number of nitrogens with one attached hydrogen (secondary N) is 1. The van der Waals surface area contributed by atoms with Crippen LogP contribution in [0.25, 0.3) is 0 Å². The Morgan fingerprint density at radius 1 is 1.45 bits per heavy atom. The molecular weight excluding hydrogens is 274 g/mol. The van der Waals surface area contributed by atoms with Crippen LogP contribution in [-0.4, -0.2) is 60.1 Å². The first kappa shape index (κ1) is 14.2.